The molecule has 3 rings (SSSR count). The van der Waals surface area contributed by atoms with Crippen molar-refractivity contribution in [3.05, 3.63) is 76.3 Å². The molecule has 0 spiro atoms. The highest BCUT2D eigenvalue weighted by molar-refractivity contribution is 6.32. The monoisotopic (exact) mass is 422 g/mol. The van der Waals surface area contributed by atoms with Gasteiger partial charge in [-0.25, -0.2) is 0 Å². The van der Waals surface area contributed by atoms with Gasteiger partial charge in [-0.05, 0) is 55.2 Å². The fourth-order valence-electron chi connectivity index (χ4n) is 3.45. The average Bonchev–Trinajstić information content (AvgIpc) is 2.73. The molecule has 0 aliphatic carbocycles. The van der Waals surface area contributed by atoms with Gasteiger partial charge in [0.05, 0.1) is 5.02 Å². The van der Waals surface area contributed by atoms with E-state index in [4.69, 9.17) is 16.3 Å². The second-order valence-corrected chi connectivity index (χ2v) is 8.65. The second-order valence-electron chi connectivity index (χ2n) is 8.27. The van der Waals surface area contributed by atoms with Gasteiger partial charge in [0, 0.05) is 12.1 Å². The molecule has 2 N–H and O–H groups in total. The minimum absolute atomic E-state index is 0.0765. The Morgan fingerprint density at radius 2 is 1.87 bits per heavy atom. The van der Waals surface area contributed by atoms with Crippen LogP contribution in [0.4, 0.5) is 0 Å². The van der Waals surface area contributed by atoms with Gasteiger partial charge in [0.25, 0.3) is 0 Å². The lowest BCUT2D eigenvalue weighted by atomic mass is 9.93. The van der Waals surface area contributed by atoms with Gasteiger partial charge in [-0.3, -0.25) is 0 Å². The predicted molar refractivity (Wildman–Crippen MR) is 122 cm³/mol. The summed E-state index contributed by atoms with van der Waals surface area (Å²) >= 11 is 6.17. The normalized spacial score (nSPS) is 12.5. The van der Waals surface area contributed by atoms with E-state index in [1.807, 2.05) is 19.1 Å². The van der Waals surface area contributed by atoms with E-state index in [0.717, 1.165) is 12.0 Å². The molecule has 5 heteroatoms. The zero-order valence-corrected chi connectivity index (χ0v) is 18.3. The SMILES string of the molecule is Cc1ccc(OCC(O)CNC(C)(C)Cc2ccc3ccccc3c2)c(C#N)c1Cl. The molecule has 0 fully saturated rings. The number of aliphatic hydroxyl groups excluding tert-OH is 1. The number of hydrogen-bond donors (Lipinski definition) is 2. The first kappa shape index (κ1) is 22.1. The number of β-amino-alcohol motifs (C(OH)–C–C–N with tert-alkyl or cyclic N) is 1. The molecule has 4 nitrogen and oxygen atoms in total. The van der Waals surface area contributed by atoms with E-state index >= 15 is 0 Å². The van der Waals surface area contributed by atoms with Gasteiger partial charge in [0.2, 0.25) is 0 Å². The van der Waals surface area contributed by atoms with Crippen molar-refractivity contribution in [2.45, 2.75) is 38.8 Å². The summed E-state index contributed by atoms with van der Waals surface area (Å²) in [5, 5.41) is 25.9. The Labute approximate surface area is 183 Å². The molecule has 0 bridgehead atoms. The molecule has 0 aromatic heterocycles. The maximum Gasteiger partial charge on any atom is 0.138 e. The third-order valence-corrected chi connectivity index (χ3v) is 5.60. The highest BCUT2D eigenvalue weighted by Gasteiger charge is 2.20. The van der Waals surface area contributed by atoms with Crippen molar-refractivity contribution in [1.29, 1.82) is 5.26 Å². The van der Waals surface area contributed by atoms with Gasteiger partial charge < -0.3 is 15.2 Å². The Kier molecular flexibility index (Phi) is 6.99. The van der Waals surface area contributed by atoms with E-state index in [-0.39, 0.29) is 12.1 Å². The van der Waals surface area contributed by atoms with Crippen molar-refractivity contribution in [3.63, 3.8) is 0 Å². The van der Waals surface area contributed by atoms with Crippen LogP contribution >= 0.6 is 11.6 Å². The molecule has 3 aromatic rings. The van der Waals surface area contributed by atoms with Crippen LogP contribution in [-0.4, -0.2) is 29.9 Å². The number of nitrogens with zero attached hydrogens (tertiary/aromatic N) is 1. The third kappa shape index (κ3) is 5.52. The first-order valence-corrected chi connectivity index (χ1v) is 10.4. The molecule has 1 unspecified atom stereocenters. The smallest absolute Gasteiger partial charge is 0.138 e. The minimum atomic E-state index is -0.715. The van der Waals surface area contributed by atoms with Crippen molar-refractivity contribution in [2.75, 3.05) is 13.2 Å². The minimum Gasteiger partial charge on any atom is -0.489 e. The van der Waals surface area contributed by atoms with E-state index in [1.165, 1.54) is 16.3 Å². The lowest BCUT2D eigenvalue weighted by Crippen LogP contribution is -2.46. The van der Waals surface area contributed by atoms with Crippen molar-refractivity contribution in [1.82, 2.24) is 5.32 Å². The Balaban J connectivity index is 1.55. The van der Waals surface area contributed by atoms with E-state index in [0.29, 0.717) is 22.9 Å². The quantitative estimate of drug-likeness (QED) is 0.534. The molecule has 0 aliphatic rings. The summed E-state index contributed by atoms with van der Waals surface area (Å²) in [6, 6.07) is 20.4. The summed E-state index contributed by atoms with van der Waals surface area (Å²) in [6.07, 6.45) is 0.116. The van der Waals surface area contributed by atoms with E-state index < -0.39 is 6.10 Å². The van der Waals surface area contributed by atoms with E-state index in [9.17, 15) is 10.4 Å². The Hall–Kier alpha value is -2.58. The summed E-state index contributed by atoms with van der Waals surface area (Å²) in [4.78, 5) is 0. The summed E-state index contributed by atoms with van der Waals surface area (Å²) in [5.74, 6) is 0.391. The molecule has 0 aliphatic heterocycles. The topological polar surface area (TPSA) is 65.3 Å². The maximum absolute atomic E-state index is 10.4. The number of benzene rings is 3. The summed E-state index contributed by atoms with van der Waals surface area (Å²) in [6.45, 7) is 6.52. The number of ether oxygens (including phenoxy) is 1. The van der Waals surface area contributed by atoms with Crippen molar-refractivity contribution in [2.24, 2.45) is 0 Å². The van der Waals surface area contributed by atoms with E-state index in [2.05, 4.69) is 55.6 Å². The predicted octanol–water partition coefficient (Wildman–Crippen LogP) is 5.02. The number of aryl methyl sites for hydroxylation is 1. The van der Waals surface area contributed by atoms with Gasteiger partial charge in [-0.1, -0.05) is 60.1 Å². The zero-order valence-electron chi connectivity index (χ0n) is 17.6. The van der Waals surface area contributed by atoms with Crippen LogP contribution in [0.3, 0.4) is 0 Å². The molecule has 0 saturated carbocycles. The molecule has 156 valence electrons. The van der Waals surface area contributed by atoms with Gasteiger partial charge in [0.15, 0.2) is 0 Å². The summed E-state index contributed by atoms with van der Waals surface area (Å²) < 4.78 is 5.66. The summed E-state index contributed by atoms with van der Waals surface area (Å²) in [7, 11) is 0. The lowest BCUT2D eigenvalue weighted by Gasteiger charge is -2.28. The Morgan fingerprint density at radius 3 is 2.60 bits per heavy atom. The average molecular weight is 423 g/mol. The number of halogens is 1. The van der Waals surface area contributed by atoms with Crippen LogP contribution in [-0.2, 0) is 6.42 Å². The van der Waals surface area contributed by atoms with Crippen LogP contribution in [0, 0.1) is 18.3 Å². The molecule has 0 amide bonds. The number of nitriles is 1. The van der Waals surface area contributed by atoms with E-state index in [1.54, 1.807) is 12.1 Å². The fourth-order valence-corrected chi connectivity index (χ4v) is 3.65. The van der Waals surface area contributed by atoms with Crippen LogP contribution in [0.5, 0.6) is 5.75 Å². The maximum atomic E-state index is 10.4. The van der Waals surface area contributed by atoms with Crippen LogP contribution in [0.25, 0.3) is 10.8 Å². The van der Waals surface area contributed by atoms with Gasteiger partial charge in [0.1, 0.15) is 30.1 Å². The molecule has 1 atom stereocenters. The van der Waals surface area contributed by atoms with Crippen LogP contribution in [0.1, 0.15) is 30.5 Å². The largest absolute Gasteiger partial charge is 0.489 e. The van der Waals surface area contributed by atoms with Crippen LogP contribution in [0.15, 0.2) is 54.6 Å². The fraction of sp³-hybridized carbons (Fsp3) is 0.320. The molecule has 0 heterocycles. The number of fused-ring (bicyclic) bond motifs is 1. The Morgan fingerprint density at radius 1 is 1.13 bits per heavy atom. The second kappa shape index (κ2) is 9.49. The van der Waals surface area contributed by atoms with Crippen molar-refractivity contribution < 1.29 is 9.84 Å². The number of hydrogen-bond acceptors (Lipinski definition) is 4. The van der Waals surface area contributed by atoms with Crippen molar-refractivity contribution >= 4 is 22.4 Å². The van der Waals surface area contributed by atoms with Gasteiger partial charge in [-0.15, -0.1) is 0 Å². The Bertz CT molecular complexity index is 1070. The van der Waals surface area contributed by atoms with Crippen LogP contribution < -0.4 is 10.1 Å². The number of nitrogens with one attached hydrogen (secondary N) is 1. The van der Waals surface area contributed by atoms with Crippen molar-refractivity contribution in [3.8, 4) is 11.8 Å². The molecular weight excluding hydrogens is 396 g/mol. The van der Waals surface area contributed by atoms with Gasteiger partial charge >= 0.3 is 0 Å². The molecule has 0 saturated heterocycles. The van der Waals surface area contributed by atoms with Crippen LogP contribution in [0.2, 0.25) is 5.02 Å². The molecule has 0 radical (unpaired) electrons. The molecule has 30 heavy (non-hydrogen) atoms. The standard InChI is InChI=1S/C25H27ClN2O2/c1-17-8-11-23(22(14-27)24(17)26)30-16-21(29)15-28-25(2,3)13-18-9-10-19-6-4-5-7-20(19)12-18/h4-12,21,28-29H,13,15-16H2,1-3H3. The molecular formula is C25H27ClN2O2. The lowest BCUT2D eigenvalue weighted by molar-refractivity contribution is 0.0987. The van der Waals surface area contributed by atoms with Gasteiger partial charge in [-0.2, -0.15) is 5.26 Å². The summed E-state index contributed by atoms with van der Waals surface area (Å²) in [5.41, 5.74) is 2.16. The third-order valence-electron chi connectivity index (χ3n) is 5.12. The number of rotatable bonds is 8. The first-order chi connectivity index (χ1) is 14.3. The number of aliphatic hydroxyl groups is 1. The zero-order chi connectivity index (χ0) is 21.7. The molecule has 3 aromatic carbocycles. The highest BCUT2D eigenvalue weighted by atomic mass is 35.5. The first-order valence-electron chi connectivity index (χ1n) is 10.0. The highest BCUT2D eigenvalue weighted by Crippen LogP contribution is 2.29.